The molecule has 4 N–H and O–H groups in total. The molecule has 5 heteroatoms. The first kappa shape index (κ1) is 15.0. The van der Waals surface area contributed by atoms with E-state index in [1.807, 2.05) is 24.3 Å². The lowest BCUT2D eigenvalue weighted by Crippen LogP contribution is -2.22. The minimum atomic E-state index is -0.973. The summed E-state index contributed by atoms with van der Waals surface area (Å²) in [4.78, 5) is 11.3. The van der Waals surface area contributed by atoms with Crippen LogP contribution in [0.15, 0.2) is 48.5 Å². The first-order chi connectivity index (χ1) is 10.1. The van der Waals surface area contributed by atoms with Gasteiger partial charge in [-0.3, -0.25) is 0 Å². The highest BCUT2D eigenvalue weighted by Crippen LogP contribution is 2.26. The molecule has 2 aromatic carbocycles. The van der Waals surface area contributed by atoms with Crippen LogP contribution in [0.2, 0.25) is 0 Å². The molecule has 21 heavy (non-hydrogen) atoms. The van der Waals surface area contributed by atoms with Crippen LogP contribution < -0.4 is 5.32 Å². The fourth-order valence-corrected chi connectivity index (χ4v) is 2.02. The Morgan fingerprint density at radius 3 is 2.62 bits per heavy atom. The SMILES string of the molecule is O=C(O)c1ccccc1-c1cccc(NCC(O)CO)c1. The quantitative estimate of drug-likeness (QED) is 0.650. The number of carboxylic acids is 1. The van der Waals surface area contributed by atoms with E-state index in [1.54, 1.807) is 24.3 Å². The van der Waals surface area contributed by atoms with Gasteiger partial charge in [0.1, 0.15) is 0 Å². The first-order valence-electron chi connectivity index (χ1n) is 6.57. The summed E-state index contributed by atoms with van der Waals surface area (Å²) in [5.41, 5.74) is 2.40. The third-order valence-electron chi connectivity index (χ3n) is 3.08. The molecular formula is C16H17NO4. The zero-order chi connectivity index (χ0) is 15.2. The van der Waals surface area contributed by atoms with Gasteiger partial charge < -0.3 is 20.6 Å². The molecule has 0 aliphatic rings. The van der Waals surface area contributed by atoms with Gasteiger partial charge in [0.25, 0.3) is 0 Å². The normalized spacial score (nSPS) is 11.9. The van der Waals surface area contributed by atoms with E-state index in [4.69, 9.17) is 5.11 Å². The fourth-order valence-electron chi connectivity index (χ4n) is 2.02. The molecule has 110 valence electrons. The van der Waals surface area contributed by atoms with Crippen molar-refractivity contribution < 1.29 is 20.1 Å². The van der Waals surface area contributed by atoms with Crippen LogP contribution >= 0.6 is 0 Å². The van der Waals surface area contributed by atoms with E-state index in [9.17, 15) is 15.0 Å². The van der Waals surface area contributed by atoms with Crippen molar-refractivity contribution in [3.05, 3.63) is 54.1 Å². The number of anilines is 1. The van der Waals surface area contributed by atoms with Gasteiger partial charge in [-0.05, 0) is 29.3 Å². The van der Waals surface area contributed by atoms with Crippen LogP contribution in [0.25, 0.3) is 11.1 Å². The Balaban J connectivity index is 2.27. The number of hydrogen-bond donors (Lipinski definition) is 4. The molecule has 0 aromatic heterocycles. The number of rotatable bonds is 6. The average Bonchev–Trinajstić information content (AvgIpc) is 2.52. The van der Waals surface area contributed by atoms with Crippen LogP contribution in [0, 0.1) is 0 Å². The second kappa shape index (κ2) is 6.88. The molecule has 0 radical (unpaired) electrons. The van der Waals surface area contributed by atoms with E-state index in [1.165, 1.54) is 0 Å². The Kier molecular flexibility index (Phi) is 4.92. The second-order valence-corrected chi connectivity index (χ2v) is 4.65. The molecule has 0 aliphatic heterocycles. The molecule has 0 fully saturated rings. The minimum absolute atomic E-state index is 0.223. The minimum Gasteiger partial charge on any atom is -0.478 e. The number of hydrogen-bond acceptors (Lipinski definition) is 4. The summed E-state index contributed by atoms with van der Waals surface area (Å²) < 4.78 is 0. The van der Waals surface area contributed by atoms with Crippen molar-refractivity contribution in [2.75, 3.05) is 18.5 Å². The van der Waals surface area contributed by atoms with Crippen LogP contribution in [0.1, 0.15) is 10.4 Å². The van der Waals surface area contributed by atoms with E-state index >= 15 is 0 Å². The van der Waals surface area contributed by atoms with Crippen LogP contribution in [0.5, 0.6) is 0 Å². The topological polar surface area (TPSA) is 89.8 Å². The third kappa shape index (κ3) is 3.81. The lowest BCUT2D eigenvalue weighted by molar-refractivity contribution is 0.0697. The average molecular weight is 287 g/mol. The summed E-state index contributed by atoms with van der Waals surface area (Å²) in [6.45, 7) is -0.0882. The van der Waals surface area contributed by atoms with Crippen molar-refractivity contribution >= 4 is 11.7 Å². The highest BCUT2D eigenvalue weighted by Gasteiger charge is 2.11. The highest BCUT2D eigenvalue weighted by molar-refractivity contribution is 5.96. The Morgan fingerprint density at radius 1 is 1.14 bits per heavy atom. The molecule has 5 nitrogen and oxygen atoms in total. The molecule has 0 spiro atoms. The molecule has 1 atom stereocenters. The molecule has 0 bridgehead atoms. The van der Waals surface area contributed by atoms with Gasteiger partial charge in [-0.1, -0.05) is 30.3 Å². The fraction of sp³-hybridized carbons (Fsp3) is 0.188. The van der Waals surface area contributed by atoms with Gasteiger partial charge in [0.15, 0.2) is 0 Å². The maximum Gasteiger partial charge on any atom is 0.336 e. The number of carbonyl (C=O) groups is 1. The predicted octanol–water partition coefficient (Wildman–Crippen LogP) is 1.82. The molecule has 2 rings (SSSR count). The van der Waals surface area contributed by atoms with Crippen LogP contribution in [-0.2, 0) is 0 Å². The van der Waals surface area contributed by atoms with Gasteiger partial charge in [-0.2, -0.15) is 0 Å². The molecule has 1 unspecified atom stereocenters. The van der Waals surface area contributed by atoms with E-state index in [0.29, 0.717) is 5.56 Å². The third-order valence-corrected chi connectivity index (χ3v) is 3.08. The number of aliphatic hydroxyl groups excluding tert-OH is 2. The maximum atomic E-state index is 11.3. The van der Waals surface area contributed by atoms with E-state index in [-0.39, 0.29) is 18.7 Å². The number of carboxylic acid groups (broad SMARTS) is 1. The zero-order valence-corrected chi connectivity index (χ0v) is 11.4. The molecule has 0 saturated heterocycles. The summed E-state index contributed by atoms with van der Waals surface area (Å²) in [5.74, 6) is -0.973. The summed E-state index contributed by atoms with van der Waals surface area (Å²) in [6.07, 6.45) is -0.833. The predicted molar refractivity (Wildman–Crippen MR) is 80.4 cm³/mol. The van der Waals surface area contributed by atoms with Gasteiger partial charge in [-0.25, -0.2) is 4.79 Å². The van der Waals surface area contributed by atoms with Gasteiger partial charge in [0.2, 0.25) is 0 Å². The van der Waals surface area contributed by atoms with Crippen molar-refractivity contribution in [2.24, 2.45) is 0 Å². The second-order valence-electron chi connectivity index (χ2n) is 4.65. The van der Waals surface area contributed by atoms with Crippen LogP contribution in [0.4, 0.5) is 5.69 Å². The van der Waals surface area contributed by atoms with Gasteiger partial charge in [0.05, 0.1) is 18.3 Å². The molecule has 0 saturated carbocycles. The number of aliphatic hydroxyl groups is 2. The summed E-state index contributed by atoms with van der Waals surface area (Å²) in [5, 5.41) is 30.3. The van der Waals surface area contributed by atoms with Crippen molar-refractivity contribution in [1.82, 2.24) is 0 Å². The lowest BCUT2D eigenvalue weighted by atomic mass is 9.99. The van der Waals surface area contributed by atoms with Gasteiger partial charge in [0, 0.05) is 12.2 Å². The smallest absolute Gasteiger partial charge is 0.336 e. The highest BCUT2D eigenvalue weighted by atomic mass is 16.4. The van der Waals surface area contributed by atoms with E-state index in [2.05, 4.69) is 5.32 Å². The van der Waals surface area contributed by atoms with Crippen molar-refractivity contribution in [3.8, 4) is 11.1 Å². The Morgan fingerprint density at radius 2 is 1.90 bits per heavy atom. The number of aromatic carboxylic acids is 1. The summed E-state index contributed by atoms with van der Waals surface area (Å²) >= 11 is 0. The van der Waals surface area contributed by atoms with E-state index < -0.39 is 12.1 Å². The Bertz CT molecular complexity index is 627. The molecule has 0 heterocycles. The van der Waals surface area contributed by atoms with Crippen molar-refractivity contribution in [3.63, 3.8) is 0 Å². The van der Waals surface area contributed by atoms with Gasteiger partial charge in [-0.15, -0.1) is 0 Å². The number of nitrogens with one attached hydrogen (secondary N) is 1. The molecule has 2 aromatic rings. The Hall–Kier alpha value is -2.37. The maximum absolute atomic E-state index is 11.3. The van der Waals surface area contributed by atoms with Gasteiger partial charge >= 0.3 is 5.97 Å². The molecule has 0 aliphatic carbocycles. The standard InChI is InChI=1S/C16H17NO4/c18-10-13(19)9-17-12-5-3-4-11(8-12)14-6-1-2-7-15(14)16(20)21/h1-8,13,17-19H,9-10H2,(H,20,21). The molecule has 0 amide bonds. The van der Waals surface area contributed by atoms with Crippen LogP contribution in [0.3, 0.4) is 0 Å². The number of benzene rings is 2. The van der Waals surface area contributed by atoms with Crippen molar-refractivity contribution in [2.45, 2.75) is 6.10 Å². The van der Waals surface area contributed by atoms with Crippen molar-refractivity contribution in [1.29, 1.82) is 0 Å². The first-order valence-corrected chi connectivity index (χ1v) is 6.57. The lowest BCUT2D eigenvalue weighted by Gasteiger charge is -2.12. The largest absolute Gasteiger partial charge is 0.478 e. The monoisotopic (exact) mass is 287 g/mol. The van der Waals surface area contributed by atoms with Crippen LogP contribution in [-0.4, -0.2) is 40.5 Å². The Labute approximate surface area is 122 Å². The van der Waals surface area contributed by atoms with E-state index in [0.717, 1.165) is 11.3 Å². The zero-order valence-electron chi connectivity index (χ0n) is 11.4. The summed E-state index contributed by atoms with van der Waals surface area (Å²) in [6, 6.07) is 14.1. The summed E-state index contributed by atoms with van der Waals surface area (Å²) in [7, 11) is 0. The molecular weight excluding hydrogens is 270 g/mol.